The molecule has 2 aliphatic heterocycles. The first-order valence-electron chi connectivity index (χ1n) is 25.6. The van der Waals surface area contributed by atoms with Crippen LogP contribution in [0.1, 0.15) is 52.7 Å². The lowest BCUT2D eigenvalue weighted by molar-refractivity contribution is 0.590. The lowest BCUT2D eigenvalue weighted by atomic mass is 9.33. The smallest absolute Gasteiger partial charge is 0.252 e. The lowest BCUT2D eigenvalue weighted by Crippen LogP contribution is -2.61. The zero-order valence-corrected chi connectivity index (χ0v) is 42.0. The third-order valence-electron chi connectivity index (χ3n) is 15.6. The van der Waals surface area contributed by atoms with Crippen molar-refractivity contribution in [2.45, 2.75) is 52.4 Å². The molecular formula is C68H53BN2O2. The van der Waals surface area contributed by atoms with Crippen molar-refractivity contribution >= 4 is 101 Å². The van der Waals surface area contributed by atoms with Crippen LogP contribution in [0.3, 0.4) is 0 Å². The van der Waals surface area contributed by atoms with Gasteiger partial charge >= 0.3 is 0 Å². The van der Waals surface area contributed by atoms with E-state index in [0.29, 0.717) is 0 Å². The Morgan fingerprint density at radius 3 is 1.41 bits per heavy atom. The normalized spacial score (nSPS) is 13.3. The number of anilines is 6. The van der Waals surface area contributed by atoms with Gasteiger partial charge in [0, 0.05) is 66.7 Å². The van der Waals surface area contributed by atoms with Gasteiger partial charge in [-0.3, -0.25) is 0 Å². The molecule has 5 heteroatoms. The third kappa shape index (κ3) is 6.75. The summed E-state index contributed by atoms with van der Waals surface area (Å²) < 4.78 is 13.2. The standard InChI is InChI=1S/C68H53BN2O2/c1-67(2,3)45-32-36-55-60(40-45)70(47-34-29-43(30-35-47)48-21-14-23-52-50-19-10-12-27-62(50)72-65(48)52)58-25-16-26-59-64(58)69(55)56-37-33-46(68(4,5)6)41-61(56)71(59)57-38-31-44(39-54(57)42-17-8-7-9-18-42)49-22-15-24-53-51-20-11-13-28-63(51)73-66(49)53/h7-41H,1-6H3. The van der Waals surface area contributed by atoms with Crippen LogP contribution in [0, 0.1) is 0 Å². The Hall–Kier alpha value is -8.54. The highest BCUT2D eigenvalue weighted by molar-refractivity contribution is 7.00. The first kappa shape index (κ1) is 43.3. The van der Waals surface area contributed by atoms with Crippen LogP contribution in [0.4, 0.5) is 34.1 Å². The maximum atomic E-state index is 6.65. The zero-order chi connectivity index (χ0) is 49.3. The summed E-state index contributed by atoms with van der Waals surface area (Å²) in [7, 11) is 0. The van der Waals surface area contributed by atoms with E-state index in [2.05, 4.69) is 252 Å². The molecule has 0 atom stereocenters. The fourth-order valence-electron chi connectivity index (χ4n) is 11.9. The molecule has 0 spiro atoms. The molecule has 4 nitrogen and oxygen atoms in total. The molecule has 14 rings (SSSR count). The van der Waals surface area contributed by atoms with E-state index in [-0.39, 0.29) is 17.5 Å². The van der Waals surface area contributed by atoms with Crippen LogP contribution in [0.2, 0.25) is 0 Å². The van der Waals surface area contributed by atoms with Gasteiger partial charge < -0.3 is 18.6 Å². The second-order valence-corrected chi connectivity index (χ2v) is 22.1. The Morgan fingerprint density at radius 2 is 0.822 bits per heavy atom. The van der Waals surface area contributed by atoms with E-state index >= 15 is 0 Å². The summed E-state index contributed by atoms with van der Waals surface area (Å²) in [6.07, 6.45) is 0. The number of rotatable bonds is 5. The van der Waals surface area contributed by atoms with Gasteiger partial charge in [0.1, 0.15) is 22.3 Å². The maximum Gasteiger partial charge on any atom is 0.252 e. The molecule has 2 aromatic heterocycles. The highest BCUT2D eigenvalue weighted by Gasteiger charge is 2.44. The molecule has 0 N–H and O–H groups in total. The second kappa shape index (κ2) is 16.0. The molecular weight excluding hydrogens is 888 g/mol. The Morgan fingerprint density at radius 1 is 0.342 bits per heavy atom. The minimum atomic E-state index is -0.0782. The van der Waals surface area contributed by atoms with E-state index in [0.717, 1.165) is 88.6 Å². The molecule has 0 amide bonds. The summed E-state index contributed by atoms with van der Waals surface area (Å²) in [5.41, 5.74) is 23.6. The van der Waals surface area contributed by atoms with E-state index in [4.69, 9.17) is 8.83 Å². The molecule has 2 aliphatic rings. The van der Waals surface area contributed by atoms with Gasteiger partial charge in [0.25, 0.3) is 6.71 Å². The summed E-state index contributed by atoms with van der Waals surface area (Å²) >= 11 is 0. The molecule has 0 fully saturated rings. The summed E-state index contributed by atoms with van der Waals surface area (Å²) in [6.45, 7) is 13.9. The van der Waals surface area contributed by atoms with Crippen molar-refractivity contribution in [1.82, 2.24) is 0 Å². The van der Waals surface area contributed by atoms with Gasteiger partial charge in [-0.25, -0.2) is 0 Å². The van der Waals surface area contributed by atoms with Gasteiger partial charge in [-0.2, -0.15) is 0 Å². The highest BCUT2D eigenvalue weighted by Crippen LogP contribution is 2.49. The van der Waals surface area contributed by atoms with Gasteiger partial charge in [-0.15, -0.1) is 0 Å². The number of fused-ring (bicyclic) bond motifs is 10. The van der Waals surface area contributed by atoms with Crippen molar-refractivity contribution in [2.24, 2.45) is 0 Å². The van der Waals surface area contributed by atoms with Crippen molar-refractivity contribution in [2.75, 3.05) is 9.80 Å². The Labute approximate surface area is 426 Å². The lowest BCUT2D eigenvalue weighted by Gasteiger charge is -2.45. The summed E-state index contributed by atoms with van der Waals surface area (Å²) in [6, 6.07) is 78.2. The van der Waals surface area contributed by atoms with Crippen molar-refractivity contribution in [1.29, 1.82) is 0 Å². The van der Waals surface area contributed by atoms with Crippen LogP contribution >= 0.6 is 0 Å². The number of hydrogen-bond acceptors (Lipinski definition) is 4. The quantitative estimate of drug-likeness (QED) is 0.161. The van der Waals surface area contributed by atoms with Crippen molar-refractivity contribution in [3.8, 4) is 33.4 Å². The maximum absolute atomic E-state index is 6.65. The van der Waals surface area contributed by atoms with E-state index in [1.165, 1.54) is 50.3 Å². The Bertz CT molecular complexity index is 4190. The minimum Gasteiger partial charge on any atom is -0.455 e. The molecule has 73 heavy (non-hydrogen) atoms. The average Bonchev–Trinajstić information content (AvgIpc) is 3.99. The first-order valence-corrected chi connectivity index (χ1v) is 25.6. The van der Waals surface area contributed by atoms with Gasteiger partial charge in [-0.05, 0) is 116 Å². The zero-order valence-electron chi connectivity index (χ0n) is 42.0. The van der Waals surface area contributed by atoms with Crippen LogP contribution in [0.15, 0.2) is 221 Å². The largest absolute Gasteiger partial charge is 0.455 e. The minimum absolute atomic E-state index is 0.0122. The number of furan rings is 2. The van der Waals surface area contributed by atoms with Crippen LogP contribution in [0.25, 0.3) is 77.3 Å². The van der Waals surface area contributed by atoms with Gasteiger partial charge in [0.15, 0.2) is 0 Å². The van der Waals surface area contributed by atoms with E-state index < -0.39 is 0 Å². The van der Waals surface area contributed by atoms with Crippen molar-refractivity contribution in [3.63, 3.8) is 0 Å². The van der Waals surface area contributed by atoms with Crippen molar-refractivity contribution < 1.29 is 8.83 Å². The highest BCUT2D eigenvalue weighted by atomic mass is 16.3. The van der Waals surface area contributed by atoms with Crippen LogP contribution in [0.5, 0.6) is 0 Å². The monoisotopic (exact) mass is 940 g/mol. The molecule has 12 aromatic rings. The number of benzene rings is 10. The van der Waals surface area contributed by atoms with E-state index in [1.807, 2.05) is 12.1 Å². The van der Waals surface area contributed by atoms with Crippen LogP contribution in [-0.4, -0.2) is 6.71 Å². The molecule has 4 heterocycles. The third-order valence-corrected chi connectivity index (χ3v) is 15.6. The SMILES string of the molecule is CC(C)(C)c1ccc2c(c1)N(c1ccc(-c3cccc4c3oc3ccccc34)cc1)c1cccc3c1B2c1ccc(C(C)(C)C)cc1N3c1ccc(-c2cccc3c2oc2ccccc23)cc1-c1ccccc1. The summed E-state index contributed by atoms with van der Waals surface area (Å²) in [4.78, 5) is 5.09. The molecule has 10 aromatic carbocycles. The molecule has 0 saturated heterocycles. The van der Waals surface area contributed by atoms with Gasteiger partial charge in [0.05, 0.1) is 5.69 Å². The summed E-state index contributed by atoms with van der Waals surface area (Å²) in [5, 5.41) is 4.52. The second-order valence-electron chi connectivity index (χ2n) is 22.1. The molecule has 350 valence electrons. The number of para-hydroxylation sites is 4. The van der Waals surface area contributed by atoms with Gasteiger partial charge in [-0.1, -0.05) is 193 Å². The van der Waals surface area contributed by atoms with Crippen molar-refractivity contribution in [3.05, 3.63) is 223 Å². The Kier molecular flexibility index (Phi) is 9.47. The van der Waals surface area contributed by atoms with Gasteiger partial charge in [0.2, 0.25) is 0 Å². The molecule has 0 unspecified atom stereocenters. The fourth-order valence-corrected chi connectivity index (χ4v) is 11.9. The average molecular weight is 941 g/mol. The van der Waals surface area contributed by atoms with Crippen LogP contribution in [-0.2, 0) is 10.8 Å². The van der Waals surface area contributed by atoms with Crippen LogP contribution < -0.4 is 26.2 Å². The summed E-state index contributed by atoms with van der Waals surface area (Å²) in [5.74, 6) is 0. The predicted molar refractivity (Wildman–Crippen MR) is 309 cm³/mol. The Balaban J connectivity index is 0.992. The molecule has 0 bridgehead atoms. The topological polar surface area (TPSA) is 32.8 Å². The van der Waals surface area contributed by atoms with E-state index in [1.54, 1.807) is 0 Å². The predicted octanol–water partition coefficient (Wildman–Crippen LogP) is 17.2. The molecule has 0 saturated carbocycles. The number of hydrogen-bond donors (Lipinski definition) is 0. The first-order chi connectivity index (χ1) is 35.5. The van der Waals surface area contributed by atoms with E-state index in [9.17, 15) is 0 Å². The molecule has 0 aliphatic carbocycles. The molecule has 0 radical (unpaired) electrons. The number of nitrogens with zero attached hydrogens (tertiary/aromatic N) is 2. The fraction of sp³-hybridized carbons (Fsp3) is 0.118.